The van der Waals surface area contributed by atoms with E-state index in [4.69, 9.17) is 5.26 Å². The average molecular weight is 177 g/mol. The number of ketones is 1. The van der Waals surface area contributed by atoms with Crippen molar-refractivity contribution in [2.45, 2.75) is 44.9 Å². The maximum Gasteiger partial charge on any atom is 0.156 e. The minimum Gasteiger partial charge on any atom is -0.298 e. The molecule has 2 aliphatic carbocycles. The molecule has 2 nitrogen and oxygen atoms in total. The molecule has 2 rings (SSSR count). The van der Waals surface area contributed by atoms with E-state index in [1.807, 2.05) is 0 Å². The first kappa shape index (κ1) is 8.74. The van der Waals surface area contributed by atoms with Gasteiger partial charge in [0.05, 0.1) is 6.07 Å². The zero-order chi connectivity index (χ0) is 9.31. The van der Waals surface area contributed by atoms with Gasteiger partial charge in [0, 0.05) is 5.92 Å². The Morgan fingerprint density at radius 2 is 1.85 bits per heavy atom. The summed E-state index contributed by atoms with van der Waals surface area (Å²) in [5, 5.41) is 9.00. The van der Waals surface area contributed by atoms with E-state index in [0.717, 1.165) is 32.1 Å². The van der Waals surface area contributed by atoms with Gasteiger partial charge in [-0.15, -0.1) is 0 Å². The van der Waals surface area contributed by atoms with Gasteiger partial charge < -0.3 is 0 Å². The van der Waals surface area contributed by atoms with E-state index in [9.17, 15) is 4.79 Å². The lowest BCUT2D eigenvalue weighted by molar-refractivity contribution is -0.133. The molecule has 0 aromatic rings. The summed E-state index contributed by atoms with van der Waals surface area (Å²) >= 11 is 0. The van der Waals surface area contributed by atoms with Crippen molar-refractivity contribution in [3.05, 3.63) is 0 Å². The molecule has 2 saturated carbocycles. The average Bonchev–Trinajstić information content (AvgIpc) is 2.54. The number of carbonyl (C=O) groups is 1. The highest BCUT2D eigenvalue weighted by atomic mass is 16.1. The summed E-state index contributed by atoms with van der Waals surface area (Å²) in [5.74, 6) is 0.485. The van der Waals surface area contributed by atoms with Crippen LogP contribution in [0.4, 0.5) is 0 Å². The second-order valence-electron chi connectivity index (χ2n) is 4.39. The topological polar surface area (TPSA) is 40.9 Å². The molecule has 0 N–H and O–H groups in total. The molecule has 0 aromatic carbocycles. The van der Waals surface area contributed by atoms with Crippen molar-refractivity contribution < 1.29 is 4.79 Å². The zero-order valence-corrected chi connectivity index (χ0v) is 7.88. The van der Waals surface area contributed by atoms with E-state index in [0.29, 0.717) is 0 Å². The molecule has 2 aliphatic rings. The van der Waals surface area contributed by atoms with Crippen LogP contribution in [0, 0.1) is 22.7 Å². The lowest BCUT2D eigenvalue weighted by Crippen LogP contribution is -2.39. The third kappa shape index (κ3) is 1.27. The third-order valence-electron chi connectivity index (χ3n) is 3.62. The fraction of sp³-hybridized carbons (Fsp3) is 0.818. The molecule has 0 saturated heterocycles. The first-order valence-corrected chi connectivity index (χ1v) is 5.24. The normalized spacial score (nSPS) is 26.4. The molecule has 0 heterocycles. The Labute approximate surface area is 78.9 Å². The molecule has 13 heavy (non-hydrogen) atoms. The van der Waals surface area contributed by atoms with Gasteiger partial charge in [-0.05, 0) is 32.1 Å². The Balaban J connectivity index is 2.07. The van der Waals surface area contributed by atoms with E-state index < -0.39 is 5.41 Å². The van der Waals surface area contributed by atoms with Gasteiger partial charge in [0.2, 0.25) is 0 Å². The first-order valence-electron chi connectivity index (χ1n) is 5.24. The van der Waals surface area contributed by atoms with Crippen LogP contribution < -0.4 is 0 Å². The summed E-state index contributed by atoms with van der Waals surface area (Å²) in [6, 6.07) is 2.24. The van der Waals surface area contributed by atoms with Crippen LogP contribution >= 0.6 is 0 Å². The molecule has 0 unspecified atom stereocenters. The van der Waals surface area contributed by atoms with Crippen molar-refractivity contribution in [2.24, 2.45) is 11.3 Å². The molecular formula is C11H15NO. The van der Waals surface area contributed by atoms with E-state index in [1.54, 1.807) is 0 Å². The van der Waals surface area contributed by atoms with Gasteiger partial charge in [0.15, 0.2) is 5.78 Å². The van der Waals surface area contributed by atoms with E-state index >= 15 is 0 Å². The van der Waals surface area contributed by atoms with Crippen molar-refractivity contribution in [3.63, 3.8) is 0 Å². The highest BCUT2D eigenvalue weighted by Gasteiger charge is 2.47. The van der Waals surface area contributed by atoms with Crippen LogP contribution in [0.5, 0.6) is 0 Å². The fourth-order valence-corrected chi connectivity index (χ4v) is 2.52. The Morgan fingerprint density at radius 1 is 1.23 bits per heavy atom. The van der Waals surface area contributed by atoms with Crippen molar-refractivity contribution >= 4 is 5.78 Å². The molecule has 70 valence electrons. The van der Waals surface area contributed by atoms with Gasteiger partial charge in [0.1, 0.15) is 5.41 Å². The largest absolute Gasteiger partial charge is 0.298 e. The first-order chi connectivity index (χ1) is 6.28. The molecule has 0 bridgehead atoms. The summed E-state index contributed by atoms with van der Waals surface area (Å²) in [6.07, 6.45) is 7.12. The summed E-state index contributed by atoms with van der Waals surface area (Å²) in [7, 11) is 0. The quantitative estimate of drug-likeness (QED) is 0.650. The number of nitriles is 1. The number of carbonyl (C=O) groups excluding carboxylic acids is 1. The standard InChI is InChI=1S/C11H15NO/c12-8-11(6-3-7-11)10(13)9-4-1-2-5-9/h9H,1-7H2. The van der Waals surface area contributed by atoms with Crippen molar-refractivity contribution in [1.29, 1.82) is 5.26 Å². The second-order valence-corrected chi connectivity index (χ2v) is 4.39. The smallest absolute Gasteiger partial charge is 0.156 e. The number of hydrogen-bond donors (Lipinski definition) is 0. The summed E-state index contributed by atoms with van der Waals surface area (Å²) in [6.45, 7) is 0. The van der Waals surface area contributed by atoms with E-state index in [1.165, 1.54) is 12.8 Å². The van der Waals surface area contributed by atoms with Gasteiger partial charge in [0.25, 0.3) is 0 Å². The monoisotopic (exact) mass is 177 g/mol. The van der Waals surface area contributed by atoms with Crippen LogP contribution in [0.2, 0.25) is 0 Å². The van der Waals surface area contributed by atoms with Crippen molar-refractivity contribution in [3.8, 4) is 6.07 Å². The van der Waals surface area contributed by atoms with Crippen LogP contribution in [0.25, 0.3) is 0 Å². The maximum atomic E-state index is 12.0. The summed E-state index contributed by atoms with van der Waals surface area (Å²) in [4.78, 5) is 12.0. The number of hydrogen-bond acceptors (Lipinski definition) is 2. The van der Waals surface area contributed by atoms with Crippen LogP contribution in [0.3, 0.4) is 0 Å². The predicted octanol–water partition coefficient (Wildman–Crippen LogP) is 2.44. The third-order valence-corrected chi connectivity index (χ3v) is 3.62. The molecule has 0 aromatic heterocycles. The Morgan fingerprint density at radius 3 is 2.23 bits per heavy atom. The lowest BCUT2D eigenvalue weighted by Gasteiger charge is -2.35. The fourth-order valence-electron chi connectivity index (χ4n) is 2.52. The van der Waals surface area contributed by atoms with Crippen LogP contribution in [-0.2, 0) is 4.79 Å². The lowest BCUT2D eigenvalue weighted by atomic mass is 9.64. The van der Waals surface area contributed by atoms with Crippen LogP contribution in [0.1, 0.15) is 44.9 Å². The number of nitrogens with zero attached hydrogens (tertiary/aromatic N) is 1. The number of rotatable bonds is 2. The van der Waals surface area contributed by atoms with Crippen molar-refractivity contribution in [2.75, 3.05) is 0 Å². The number of Topliss-reactive ketones (excluding diaryl/α,β-unsaturated/α-hetero) is 1. The molecule has 0 amide bonds. The molecule has 2 heteroatoms. The van der Waals surface area contributed by atoms with Gasteiger partial charge in [-0.3, -0.25) is 4.79 Å². The van der Waals surface area contributed by atoms with E-state index in [-0.39, 0.29) is 11.7 Å². The highest BCUT2D eigenvalue weighted by molar-refractivity contribution is 5.90. The molecule has 0 atom stereocenters. The molecule has 2 fully saturated rings. The van der Waals surface area contributed by atoms with Gasteiger partial charge in [-0.2, -0.15) is 5.26 Å². The molecule has 0 radical (unpaired) electrons. The Kier molecular flexibility index (Phi) is 2.11. The highest BCUT2D eigenvalue weighted by Crippen LogP contribution is 2.45. The van der Waals surface area contributed by atoms with Crippen LogP contribution in [0.15, 0.2) is 0 Å². The SMILES string of the molecule is N#CC1(C(=O)C2CCCC2)CCC1. The molecule has 0 spiro atoms. The van der Waals surface area contributed by atoms with Crippen molar-refractivity contribution in [1.82, 2.24) is 0 Å². The second kappa shape index (κ2) is 3.14. The molecular weight excluding hydrogens is 162 g/mol. The minimum absolute atomic E-state index is 0.222. The zero-order valence-electron chi connectivity index (χ0n) is 7.88. The summed E-state index contributed by atoms with van der Waals surface area (Å²) in [5.41, 5.74) is -0.547. The maximum absolute atomic E-state index is 12.0. The van der Waals surface area contributed by atoms with Gasteiger partial charge in [-0.1, -0.05) is 12.8 Å². The summed E-state index contributed by atoms with van der Waals surface area (Å²) < 4.78 is 0. The minimum atomic E-state index is -0.547. The predicted molar refractivity (Wildman–Crippen MR) is 48.9 cm³/mol. The van der Waals surface area contributed by atoms with Crippen LogP contribution in [-0.4, -0.2) is 5.78 Å². The van der Waals surface area contributed by atoms with Gasteiger partial charge >= 0.3 is 0 Å². The Bertz CT molecular complexity index is 254. The Hall–Kier alpha value is -0.840. The van der Waals surface area contributed by atoms with E-state index in [2.05, 4.69) is 6.07 Å². The van der Waals surface area contributed by atoms with Gasteiger partial charge in [-0.25, -0.2) is 0 Å². The molecule has 0 aliphatic heterocycles.